The number of hydrogen-bond donors (Lipinski definition) is 1. The van der Waals surface area contributed by atoms with Crippen LogP contribution in [0.15, 0.2) is 6.08 Å². The van der Waals surface area contributed by atoms with Crippen molar-refractivity contribution in [1.29, 1.82) is 0 Å². The lowest BCUT2D eigenvalue weighted by molar-refractivity contribution is -0.137. The van der Waals surface area contributed by atoms with Crippen LogP contribution in [0.3, 0.4) is 0 Å². The average molecular weight is 256 g/mol. The number of anilines is 1. The summed E-state index contributed by atoms with van der Waals surface area (Å²) in [6.45, 7) is 3.82. The summed E-state index contributed by atoms with van der Waals surface area (Å²) < 4.78 is 4.77. The molecule has 0 aliphatic rings. The molecule has 1 heterocycles. The Morgan fingerprint density at radius 1 is 1.53 bits per heavy atom. The molecule has 1 rings (SSSR count). The van der Waals surface area contributed by atoms with Crippen molar-refractivity contribution in [3.63, 3.8) is 0 Å². The van der Waals surface area contributed by atoms with Gasteiger partial charge in [0.25, 0.3) is 0 Å². The second kappa shape index (κ2) is 6.20. The van der Waals surface area contributed by atoms with E-state index in [1.807, 2.05) is 0 Å². The Morgan fingerprint density at radius 3 is 2.82 bits per heavy atom. The molecular weight excluding hydrogens is 242 g/mol. The van der Waals surface area contributed by atoms with Gasteiger partial charge >= 0.3 is 5.97 Å². The maximum absolute atomic E-state index is 11.2. The highest BCUT2D eigenvalue weighted by molar-refractivity contribution is 6.31. The van der Waals surface area contributed by atoms with E-state index in [-0.39, 0.29) is 0 Å². The molecule has 0 aliphatic heterocycles. The van der Waals surface area contributed by atoms with E-state index in [9.17, 15) is 4.79 Å². The molecule has 0 fully saturated rings. The van der Waals surface area contributed by atoms with Crippen LogP contribution in [0.5, 0.6) is 0 Å². The van der Waals surface area contributed by atoms with Gasteiger partial charge in [-0.2, -0.15) is 0 Å². The molecule has 0 saturated carbocycles. The van der Waals surface area contributed by atoms with E-state index in [4.69, 9.17) is 16.3 Å². The Morgan fingerprint density at radius 2 is 2.24 bits per heavy atom. The van der Waals surface area contributed by atoms with E-state index < -0.39 is 5.97 Å². The van der Waals surface area contributed by atoms with Crippen LogP contribution in [0.4, 0.5) is 5.82 Å². The summed E-state index contributed by atoms with van der Waals surface area (Å²) in [5, 5.41) is 3.19. The van der Waals surface area contributed by atoms with Crippen LogP contribution < -0.4 is 5.32 Å². The Balaban J connectivity index is 3.01. The number of carbonyl (C=O) groups is 1. The molecule has 0 amide bonds. The van der Waals surface area contributed by atoms with Gasteiger partial charge in [0.05, 0.1) is 12.2 Å². The molecule has 1 N–H and O–H groups in total. The van der Waals surface area contributed by atoms with Gasteiger partial charge in [0.2, 0.25) is 0 Å². The summed E-state index contributed by atoms with van der Waals surface area (Å²) in [6, 6.07) is 0. The highest BCUT2D eigenvalue weighted by atomic mass is 35.5. The average Bonchev–Trinajstić information content (AvgIpc) is 2.27. The van der Waals surface area contributed by atoms with Gasteiger partial charge < -0.3 is 10.1 Å². The van der Waals surface area contributed by atoms with Crippen molar-refractivity contribution in [2.45, 2.75) is 13.8 Å². The van der Waals surface area contributed by atoms with Gasteiger partial charge in [0, 0.05) is 13.1 Å². The first kappa shape index (κ1) is 13.4. The smallest absolute Gasteiger partial charge is 0.330 e. The molecule has 92 valence electrons. The standard InChI is InChI=1S/C11H14ClN3O2/c1-4-17-9(16)6-5-8-10(12)14-7(2)15-11(8)13-3/h5-6H,4H2,1-3H3,(H,13,14,15)/b6-5+. The summed E-state index contributed by atoms with van der Waals surface area (Å²) in [5.74, 6) is 0.710. The van der Waals surface area contributed by atoms with Crippen LogP contribution in [0, 0.1) is 6.92 Å². The van der Waals surface area contributed by atoms with Crippen molar-refractivity contribution in [2.24, 2.45) is 0 Å². The molecular formula is C11H14ClN3O2. The van der Waals surface area contributed by atoms with E-state index in [0.717, 1.165) is 0 Å². The molecule has 0 unspecified atom stereocenters. The molecule has 0 spiro atoms. The summed E-state index contributed by atoms with van der Waals surface area (Å²) in [4.78, 5) is 19.4. The Bertz CT molecular complexity index is 447. The first-order valence-electron chi connectivity index (χ1n) is 5.15. The number of aryl methyl sites for hydroxylation is 1. The summed E-state index contributed by atoms with van der Waals surface area (Å²) in [6.07, 6.45) is 2.83. The van der Waals surface area contributed by atoms with Gasteiger partial charge in [-0.25, -0.2) is 14.8 Å². The van der Waals surface area contributed by atoms with Crippen molar-refractivity contribution >= 4 is 29.5 Å². The first-order chi connectivity index (χ1) is 8.08. The zero-order chi connectivity index (χ0) is 12.8. The van der Waals surface area contributed by atoms with Gasteiger partial charge in [0.1, 0.15) is 16.8 Å². The Labute approximate surface area is 105 Å². The van der Waals surface area contributed by atoms with E-state index in [1.165, 1.54) is 12.2 Å². The third-order valence-electron chi connectivity index (χ3n) is 1.92. The van der Waals surface area contributed by atoms with E-state index in [2.05, 4.69) is 15.3 Å². The predicted octanol–water partition coefficient (Wildman–Crippen LogP) is 2.06. The minimum Gasteiger partial charge on any atom is -0.463 e. The fraction of sp³-hybridized carbons (Fsp3) is 0.364. The quantitative estimate of drug-likeness (QED) is 0.507. The highest BCUT2D eigenvalue weighted by Gasteiger charge is 2.08. The largest absolute Gasteiger partial charge is 0.463 e. The van der Waals surface area contributed by atoms with E-state index in [1.54, 1.807) is 20.9 Å². The van der Waals surface area contributed by atoms with Crippen molar-refractivity contribution in [3.8, 4) is 0 Å². The van der Waals surface area contributed by atoms with Crippen molar-refractivity contribution in [2.75, 3.05) is 19.0 Å². The number of esters is 1. The maximum atomic E-state index is 11.2. The van der Waals surface area contributed by atoms with Crippen LogP contribution >= 0.6 is 11.6 Å². The third-order valence-corrected chi connectivity index (χ3v) is 2.21. The number of nitrogens with zero attached hydrogens (tertiary/aromatic N) is 2. The molecule has 0 aliphatic carbocycles. The van der Waals surface area contributed by atoms with Crippen LogP contribution in [0.25, 0.3) is 6.08 Å². The molecule has 1 aromatic rings. The van der Waals surface area contributed by atoms with Gasteiger partial charge in [0.15, 0.2) is 0 Å². The number of halogens is 1. The van der Waals surface area contributed by atoms with E-state index >= 15 is 0 Å². The molecule has 0 atom stereocenters. The highest BCUT2D eigenvalue weighted by Crippen LogP contribution is 2.22. The second-order valence-corrected chi connectivity index (χ2v) is 3.52. The van der Waals surface area contributed by atoms with Crippen molar-refractivity contribution in [3.05, 3.63) is 22.6 Å². The van der Waals surface area contributed by atoms with Gasteiger partial charge in [-0.1, -0.05) is 11.6 Å². The van der Waals surface area contributed by atoms with Crippen LogP contribution in [0.2, 0.25) is 5.15 Å². The van der Waals surface area contributed by atoms with Crippen LogP contribution in [0.1, 0.15) is 18.3 Å². The third kappa shape index (κ3) is 3.71. The molecule has 0 saturated heterocycles. The summed E-state index contributed by atoms with van der Waals surface area (Å²) in [7, 11) is 1.72. The lowest BCUT2D eigenvalue weighted by Gasteiger charge is -2.06. The fourth-order valence-corrected chi connectivity index (χ4v) is 1.50. The zero-order valence-corrected chi connectivity index (χ0v) is 10.7. The van der Waals surface area contributed by atoms with Gasteiger partial charge in [-0.15, -0.1) is 0 Å². The topological polar surface area (TPSA) is 64.1 Å². The minimum atomic E-state index is -0.425. The summed E-state index contributed by atoms with van der Waals surface area (Å²) in [5.41, 5.74) is 0.563. The van der Waals surface area contributed by atoms with Gasteiger partial charge in [-0.05, 0) is 19.9 Å². The number of aromatic nitrogens is 2. The SMILES string of the molecule is CCOC(=O)/C=C/c1c(Cl)nc(C)nc1NC. The lowest BCUT2D eigenvalue weighted by atomic mass is 10.2. The number of rotatable bonds is 4. The van der Waals surface area contributed by atoms with Gasteiger partial charge in [-0.3, -0.25) is 0 Å². The maximum Gasteiger partial charge on any atom is 0.330 e. The van der Waals surface area contributed by atoms with E-state index in [0.29, 0.717) is 29.0 Å². The number of ether oxygens (including phenoxy) is 1. The van der Waals surface area contributed by atoms with Crippen LogP contribution in [-0.4, -0.2) is 29.6 Å². The Kier molecular flexibility index (Phi) is 4.90. The molecule has 5 nitrogen and oxygen atoms in total. The minimum absolute atomic E-state index is 0.294. The molecule has 17 heavy (non-hydrogen) atoms. The molecule has 0 radical (unpaired) electrons. The first-order valence-corrected chi connectivity index (χ1v) is 5.53. The zero-order valence-electron chi connectivity index (χ0n) is 9.95. The second-order valence-electron chi connectivity index (χ2n) is 3.16. The van der Waals surface area contributed by atoms with Crippen molar-refractivity contribution < 1.29 is 9.53 Å². The Hall–Kier alpha value is -1.62. The molecule has 6 heteroatoms. The normalized spacial score (nSPS) is 10.6. The van der Waals surface area contributed by atoms with Crippen LogP contribution in [-0.2, 0) is 9.53 Å². The molecule has 0 bridgehead atoms. The molecule has 1 aromatic heterocycles. The number of nitrogens with one attached hydrogen (secondary N) is 1. The number of carbonyl (C=O) groups excluding carboxylic acids is 1. The monoisotopic (exact) mass is 255 g/mol. The predicted molar refractivity (Wildman–Crippen MR) is 67.0 cm³/mol. The molecule has 0 aromatic carbocycles. The number of hydrogen-bond acceptors (Lipinski definition) is 5. The lowest BCUT2D eigenvalue weighted by Crippen LogP contribution is -2.02. The fourth-order valence-electron chi connectivity index (χ4n) is 1.23. The summed E-state index contributed by atoms with van der Waals surface area (Å²) >= 11 is 5.98. The van der Waals surface area contributed by atoms with Crippen molar-refractivity contribution in [1.82, 2.24) is 9.97 Å².